The van der Waals surface area contributed by atoms with Crippen LogP contribution >= 0.6 is 0 Å². The number of methoxy groups -OCH3 is 1. The maximum Gasteiger partial charge on any atom is 0.258 e. The topological polar surface area (TPSA) is 54.1 Å². The van der Waals surface area contributed by atoms with Crippen molar-refractivity contribution < 1.29 is 13.9 Å². The lowest BCUT2D eigenvalue weighted by Gasteiger charge is -2.06. The maximum absolute atomic E-state index is 13.7. The van der Waals surface area contributed by atoms with Crippen LogP contribution in [0.5, 0.6) is 5.75 Å². The van der Waals surface area contributed by atoms with E-state index in [1.165, 1.54) is 12.1 Å². The highest BCUT2D eigenvalue weighted by molar-refractivity contribution is 6.14. The number of para-hydroxylation sites is 1. The van der Waals surface area contributed by atoms with Crippen LogP contribution in [-0.2, 0) is 0 Å². The number of hydrogen-bond acceptors (Lipinski definition) is 2. The Hall–Kier alpha value is -2.82. The smallest absolute Gasteiger partial charge is 0.258 e. The fourth-order valence-electron chi connectivity index (χ4n) is 2.48. The fourth-order valence-corrected chi connectivity index (χ4v) is 2.48. The summed E-state index contributed by atoms with van der Waals surface area (Å²) < 4.78 is 18.8. The molecule has 0 bridgehead atoms. The average molecular weight is 298 g/mol. The van der Waals surface area contributed by atoms with E-state index in [9.17, 15) is 9.18 Å². The van der Waals surface area contributed by atoms with Crippen LogP contribution in [0.2, 0.25) is 0 Å². The molecule has 112 valence electrons. The van der Waals surface area contributed by atoms with E-state index in [1.54, 1.807) is 25.3 Å². The van der Waals surface area contributed by atoms with E-state index in [1.807, 2.05) is 19.1 Å². The normalized spacial score (nSPS) is 10.7. The highest BCUT2D eigenvalue weighted by atomic mass is 19.1. The standard InChI is InChI=1S/C17H15FN2O2/c1-10-16(12-8-7-11(22-2)9-15(12)19-10)17(21)20-14-6-4-3-5-13(14)18/h3-9,19H,1-2H3,(H,20,21). The number of aromatic nitrogens is 1. The van der Waals surface area contributed by atoms with Crippen LogP contribution in [0.3, 0.4) is 0 Å². The number of carbonyl (C=O) groups is 1. The number of aromatic amines is 1. The van der Waals surface area contributed by atoms with E-state index in [-0.39, 0.29) is 11.6 Å². The van der Waals surface area contributed by atoms with E-state index in [0.717, 1.165) is 16.6 Å². The van der Waals surface area contributed by atoms with Gasteiger partial charge in [-0.15, -0.1) is 0 Å². The lowest BCUT2D eigenvalue weighted by molar-refractivity contribution is 0.102. The zero-order valence-corrected chi connectivity index (χ0v) is 12.2. The predicted molar refractivity (Wildman–Crippen MR) is 83.9 cm³/mol. The van der Waals surface area contributed by atoms with Crippen molar-refractivity contribution in [2.24, 2.45) is 0 Å². The summed E-state index contributed by atoms with van der Waals surface area (Å²) in [5, 5.41) is 3.38. The molecule has 4 nitrogen and oxygen atoms in total. The van der Waals surface area contributed by atoms with Gasteiger partial charge in [0.05, 0.1) is 23.9 Å². The van der Waals surface area contributed by atoms with Gasteiger partial charge in [0.15, 0.2) is 0 Å². The molecule has 0 aliphatic carbocycles. The molecule has 0 saturated carbocycles. The van der Waals surface area contributed by atoms with E-state index in [4.69, 9.17) is 4.74 Å². The number of benzene rings is 2. The zero-order chi connectivity index (χ0) is 15.7. The molecular formula is C17H15FN2O2. The Morgan fingerprint density at radius 1 is 1.23 bits per heavy atom. The minimum absolute atomic E-state index is 0.162. The monoisotopic (exact) mass is 298 g/mol. The van der Waals surface area contributed by atoms with Crippen LogP contribution in [0.15, 0.2) is 42.5 Å². The number of amides is 1. The Morgan fingerprint density at radius 2 is 2.00 bits per heavy atom. The second kappa shape index (κ2) is 5.52. The minimum Gasteiger partial charge on any atom is -0.497 e. The Kier molecular flexibility index (Phi) is 3.55. The van der Waals surface area contributed by atoms with Gasteiger partial charge in [-0.05, 0) is 31.2 Å². The van der Waals surface area contributed by atoms with Gasteiger partial charge in [0.25, 0.3) is 5.91 Å². The summed E-state index contributed by atoms with van der Waals surface area (Å²) in [6.45, 7) is 1.81. The number of carbonyl (C=O) groups excluding carboxylic acids is 1. The number of rotatable bonds is 3. The molecule has 0 spiro atoms. The summed E-state index contributed by atoms with van der Waals surface area (Å²) in [6.07, 6.45) is 0. The largest absolute Gasteiger partial charge is 0.497 e. The predicted octanol–water partition coefficient (Wildman–Crippen LogP) is 3.88. The Bertz CT molecular complexity index is 855. The molecule has 0 unspecified atom stereocenters. The molecule has 0 aliphatic rings. The van der Waals surface area contributed by atoms with Crippen molar-refractivity contribution >= 4 is 22.5 Å². The molecule has 1 amide bonds. The highest BCUT2D eigenvalue weighted by Crippen LogP contribution is 2.27. The van der Waals surface area contributed by atoms with Gasteiger partial charge in [0.2, 0.25) is 0 Å². The van der Waals surface area contributed by atoms with Crippen LogP contribution in [0.4, 0.5) is 10.1 Å². The molecule has 2 N–H and O–H groups in total. The average Bonchev–Trinajstić information content (AvgIpc) is 2.84. The lowest BCUT2D eigenvalue weighted by Crippen LogP contribution is -2.13. The molecule has 0 aliphatic heterocycles. The first-order valence-electron chi connectivity index (χ1n) is 6.82. The number of fused-ring (bicyclic) bond motifs is 1. The van der Waals surface area contributed by atoms with Crippen molar-refractivity contribution in [1.29, 1.82) is 0 Å². The Balaban J connectivity index is 2.01. The van der Waals surface area contributed by atoms with Gasteiger partial charge < -0.3 is 15.0 Å². The first-order chi connectivity index (χ1) is 10.6. The third kappa shape index (κ3) is 2.41. The van der Waals surface area contributed by atoms with E-state index in [2.05, 4.69) is 10.3 Å². The molecule has 0 fully saturated rings. The van der Waals surface area contributed by atoms with Crippen LogP contribution in [-0.4, -0.2) is 18.0 Å². The van der Waals surface area contributed by atoms with Gasteiger partial charge in [-0.3, -0.25) is 4.79 Å². The van der Waals surface area contributed by atoms with Crippen LogP contribution < -0.4 is 10.1 Å². The number of nitrogens with one attached hydrogen (secondary N) is 2. The lowest BCUT2D eigenvalue weighted by atomic mass is 10.1. The molecule has 0 saturated heterocycles. The van der Waals surface area contributed by atoms with Gasteiger partial charge in [0, 0.05) is 17.1 Å². The second-order valence-electron chi connectivity index (χ2n) is 4.97. The van der Waals surface area contributed by atoms with Crippen molar-refractivity contribution in [3.63, 3.8) is 0 Å². The SMILES string of the molecule is COc1ccc2c(C(=O)Nc3ccccc3F)c(C)[nH]c2c1. The summed E-state index contributed by atoms with van der Waals surface area (Å²) in [7, 11) is 1.59. The van der Waals surface area contributed by atoms with Gasteiger partial charge in [0.1, 0.15) is 11.6 Å². The molecule has 1 aromatic heterocycles. The fraction of sp³-hybridized carbons (Fsp3) is 0.118. The van der Waals surface area contributed by atoms with Crippen molar-refractivity contribution in [2.75, 3.05) is 12.4 Å². The molecule has 2 aromatic carbocycles. The van der Waals surface area contributed by atoms with Gasteiger partial charge in [-0.2, -0.15) is 0 Å². The molecule has 0 radical (unpaired) electrons. The second-order valence-corrected chi connectivity index (χ2v) is 4.97. The summed E-state index contributed by atoms with van der Waals surface area (Å²) in [5.74, 6) is -0.108. The first-order valence-corrected chi connectivity index (χ1v) is 6.82. The van der Waals surface area contributed by atoms with Gasteiger partial charge >= 0.3 is 0 Å². The van der Waals surface area contributed by atoms with Crippen molar-refractivity contribution in [1.82, 2.24) is 4.98 Å². The van der Waals surface area contributed by atoms with Gasteiger partial charge in [-0.25, -0.2) is 4.39 Å². The molecule has 3 aromatic rings. The Morgan fingerprint density at radius 3 is 2.73 bits per heavy atom. The summed E-state index contributed by atoms with van der Waals surface area (Å²) in [6, 6.07) is 11.5. The molecule has 3 rings (SSSR count). The summed E-state index contributed by atoms with van der Waals surface area (Å²) in [5.41, 5.74) is 2.18. The first kappa shape index (κ1) is 14.1. The van der Waals surface area contributed by atoms with E-state index in [0.29, 0.717) is 11.3 Å². The van der Waals surface area contributed by atoms with Crippen LogP contribution in [0.25, 0.3) is 10.9 Å². The minimum atomic E-state index is -0.463. The number of aryl methyl sites for hydroxylation is 1. The van der Waals surface area contributed by atoms with Crippen molar-refractivity contribution in [2.45, 2.75) is 6.92 Å². The molecule has 1 heterocycles. The molecule has 5 heteroatoms. The van der Waals surface area contributed by atoms with E-state index < -0.39 is 5.82 Å². The van der Waals surface area contributed by atoms with Crippen molar-refractivity contribution in [3.05, 3.63) is 59.5 Å². The van der Waals surface area contributed by atoms with E-state index >= 15 is 0 Å². The van der Waals surface area contributed by atoms with Crippen molar-refractivity contribution in [3.8, 4) is 5.75 Å². The van der Waals surface area contributed by atoms with Gasteiger partial charge in [-0.1, -0.05) is 12.1 Å². The third-order valence-corrected chi connectivity index (χ3v) is 3.54. The van der Waals surface area contributed by atoms with Crippen LogP contribution in [0.1, 0.15) is 16.1 Å². The number of H-pyrrole nitrogens is 1. The number of halogens is 1. The summed E-state index contributed by atoms with van der Waals surface area (Å²) >= 11 is 0. The molecular weight excluding hydrogens is 283 g/mol. The summed E-state index contributed by atoms with van der Waals surface area (Å²) in [4.78, 5) is 15.6. The zero-order valence-electron chi connectivity index (χ0n) is 12.2. The third-order valence-electron chi connectivity index (χ3n) is 3.54. The molecule has 0 atom stereocenters. The highest BCUT2D eigenvalue weighted by Gasteiger charge is 2.17. The maximum atomic E-state index is 13.7. The number of ether oxygens (including phenoxy) is 1. The molecule has 22 heavy (non-hydrogen) atoms. The number of hydrogen-bond donors (Lipinski definition) is 2. The number of anilines is 1. The Labute approximate surface area is 126 Å². The van der Waals surface area contributed by atoms with Crippen LogP contribution in [0, 0.1) is 12.7 Å². The quantitative estimate of drug-likeness (QED) is 0.771.